The predicted octanol–water partition coefficient (Wildman–Crippen LogP) is 1.58. The average molecular weight is 266 g/mol. The highest BCUT2D eigenvalue weighted by molar-refractivity contribution is 5.67. The summed E-state index contributed by atoms with van der Waals surface area (Å²) in [6.45, 7) is 0.715. The van der Waals surface area contributed by atoms with E-state index in [1.165, 1.54) is 0 Å². The number of rotatable bonds is 2. The van der Waals surface area contributed by atoms with Crippen molar-refractivity contribution in [2.24, 2.45) is 5.73 Å². The van der Waals surface area contributed by atoms with Crippen molar-refractivity contribution in [3.8, 4) is 11.8 Å². The van der Waals surface area contributed by atoms with E-state index in [0.29, 0.717) is 17.9 Å². The second-order valence-electron chi connectivity index (χ2n) is 4.58. The Morgan fingerprint density at radius 2 is 2.10 bits per heavy atom. The summed E-state index contributed by atoms with van der Waals surface area (Å²) < 4.78 is 5.15. The van der Waals surface area contributed by atoms with Crippen molar-refractivity contribution < 1.29 is 4.74 Å². The average Bonchev–Trinajstić information content (AvgIpc) is 2.91. The standard InChI is InChI=1S/C15H14N4O/c1-20-12-4-2-11(3-5-12)19-8-10-7-18-15(17)13(6-16)14(10)9-19/h2-5,7,9,18H,8,17H2,1H3. The van der Waals surface area contributed by atoms with Crippen LogP contribution < -0.4 is 20.7 Å². The van der Waals surface area contributed by atoms with Gasteiger partial charge in [-0.25, -0.2) is 0 Å². The monoisotopic (exact) mass is 266 g/mol. The fraction of sp³-hybridized carbons (Fsp3) is 0.133. The maximum Gasteiger partial charge on any atom is 0.119 e. The van der Waals surface area contributed by atoms with E-state index in [0.717, 1.165) is 22.6 Å². The van der Waals surface area contributed by atoms with Gasteiger partial charge in [-0.05, 0) is 29.8 Å². The first-order valence-corrected chi connectivity index (χ1v) is 6.21. The highest BCUT2D eigenvalue weighted by atomic mass is 16.5. The molecule has 0 fully saturated rings. The first-order chi connectivity index (χ1) is 9.72. The normalized spacial score (nSPS) is 16.9. The number of nitriles is 1. The van der Waals surface area contributed by atoms with Crippen molar-refractivity contribution in [3.63, 3.8) is 0 Å². The molecule has 0 atom stereocenters. The number of nitrogens with zero attached hydrogens (tertiary/aromatic N) is 2. The van der Waals surface area contributed by atoms with Crippen molar-refractivity contribution in [3.05, 3.63) is 59.2 Å². The number of hydrogen-bond donors (Lipinski definition) is 2. The fourth-order valence-electron chi connectivity index (χ4n) is 2.34. The lowest BCUT2D eigenvalue weighted by atomic mass is 10.0. The Labute approximate surface area is 117 Å². The Kier molecular flexibility index (Phi) is 2.84. The van der Waals surface area contributed by atoms with Crippen molar-refractivity contribution in [1.29, 1.82) is 5.26 Å². The highest BCUT2D eigenvalue weighted by Crippen LogP contribution is 2.33. The van der Waals surface area contributed by atoms with Crippen LogP contribution in [0.2, 0.25) is 0 Å². The largest absolute Gasteiger partial charge is 0.497 e. The molecule has 0 unspecified atom stereocenters. The highest BCUT2D eigenvalue weighted by Gasteiger charge is 2.26. The number of nitrogens with one attached hydrogen (secondary N) is 1. The number of allylic oxidation sites excluding steroid dienone is 1. The molecule has 1 aromatic carbocycles. The van der Waals surface area contributed by atoms with E-state index in [1.807, 2.05) is 36.7 Å². The number of fused-ring (bicyclic) bond motifs is 1. The summed E-state index contributed by atoms with van der Waals surface area (Å²) in [6, 6.07) is 9.95. The van der Waals surface area contributed by atoms with E-state index >= 15 is 0 Å². The maximum absolute atomic E-state index is 9.20. The first-order valence-electron chi connectivity index (χ1n) is 6.21. The molecule has 0 bridgehead atoms. The minimum atomic E-state index is 0.402. The lowest BCUT2D eigenvalue weighted by Crippen LogP contribution is -2.22. The summed E-state index contributed by atoms with van der Waals surface area (Å²) in [5.41, 5.74) is 9.29. The Hall–Kier alpha value is -2.87. The van der Waals surface area contributed by atoms with Gasteiger partial charge in [0, 0.05) is 30.2 Å². The minimum absolute atomic E-state index is 0.402. The smallest absolute Gasteiger partial charge is 0.119 e. The van der Waals surface area contributed by atoms with E-state index in [4.69, 9.17) is 10.5 Å². The van der Waals surface area contributed by atoms with Crippen molar-refractivity contribution in [1.82, 2.24) is 5.32 Å². The molecule has 2 aliphatic rings. The quantitative estimate of drug-likeness (QED) is 0.850. The molecule has 0 aromatic heterocycles. The van der Waals surface area contributed by atoms with E-state index in [2.05, 4.69) is 16.3 Å². The third kappa shape index (κ3) is 1.88. The molecular formula is C15H14N4O. The van der Waals surface area contributed by atoms with Crippen LogP contribution in [0.25, 0.3) is 0 Å². The van der Waals surface area contributed by atoms with Crippen molar-refractivity contribution in [2.45, 2.75) is 0 Å². The number of benzene rings is 1. The summed E-state index contributed by atoms with van der Waals surface area (Å²) in [6.07, 6.45) is 3.81. The van der Waals surface area contributed by atoms with Gasteiger partial charge in [-0.15, -0.1) is 0 Å². The molecule has 3 N–H and O–H groups in total. The SMILES string of the molecule is COc1ccc(N2C=C3C(=CNC(N)=C3C#N)C2)cc1. The van der Waals surface area contributed by atoms with Gasteiger partial charge in [0.25, 0.3) is 0 Å². The number of hydrogen-bond acceptors (Lipinski definition) is 5. The Bertz CT molecular complexity index is 677. The van der Waals surface area contributed by atoms with Crippen LogP contribution in [0.5, 0.6) is 5.75 Å². The van der Waals surface area contributed by atoms with Gasteiger partial charge in [-0.3, -0.25) is 0 Å². The zero-order chi connectivity index (χ0) is 14.1. The van der Waals surface area contributed by atoms with Crippen LogP contribution in [0, 0.1) is 11.3 Å². The summed E-state index contributed by atoms with van der Waals surface area (Å²) in [7, 11) is 1.64. The van der Waals surface area contributed by atoms with Crippen LogP contribution in [0.3, 0.4) is 0 Å². The third-order valence-corrected chi connectivity index (χ3v) is 3.43. The van der Waals surface area contributed by atoms with Gasteiger partial charge in [0.2, 0.25) is 0 Å². The molecule has 0 saturated heterocycles. The van der Waals surface area contributed by atoms with E-state index in [-0.39, 0.29) is 0 Å². The minimum Gasteiger partial charge on any atom is -0.497 e. The number of methoxy groups -OCH3 is 1. The number of ether oxygens (including phenoxy) is 1. The maximum atomic E-state index is 9.20. The van der Waals surface area contributed by atoms with Crippen LogP contribution >= 0.6 is 0 Å². The van der Waals surface area contributed by atoms with E-state index < -0.39 is 0 Å². The van der Waals surface area contributed by atoms with Gasteiger partial charge < -0.3 is 20.7 Å². The molecule has 1 aromatic rings. The molecule has 2 aliphatic heterocycles. The second kappa shape index (κ2) is 4.67. The Balaban J connectivity index is 1.93. The summed E-state index contributed by atoms with van der Waals surface area (Å²) in [5.74, 6) is 1.22. The summed E-state index contributed by atoms with van der Waals surface area (Å²) in [5, 5.41) is 12.1. The molecule has 5 heteroatoms. The molecule has 0 radical (unpaired) electrons. The molecule has 3 rings (SSSR count). The molecular weight excluding hydrogens is 252 g/mol. The Morgan fingerprint density at radius 3 is 2.75 bits per heavy atom. The molecule has 0 aliphatic carbocycles. The van der Waals surface area contributed by atoms with Gasteiger partial charge in [0.15, 0.2) is 0 Å². The third-order valence-electron chi connectivity index (χ3n) is 3.43. The van der Waals surface area contributed by atoms with Gasteiger partial charge in [0.05, 0.1) is 7.11 Å². The topological polar surface area (TPSA) is 74.3 Å². The van der Waals surface area contributed by atoms with Crippen molar-refractivity contribution in [2.75, 3.05) is 18.6 Å². The van der Waals surface area contributed by atoms with Gasteiger partial charge in [0.1, 0.15) is 23.2 Å². The number of anilines is 1. The van der Waals surface area contributed by atoms with E-state index in [1.54, 1.807) is 7.11 Å². The van der Waals surface area contributed by atoms with Gasteiger partial charge >= 0.3 is 0 Å². The lowest BCUT2D eigenvalue weighted by Gasteiger charge is -2.16. The van der Waals surface area contributed by atoms with E-state index in [9.17, 15) is 5.26 Å². The molecule has 2 heterocycles. The summed E-state index contributed by atoms with van der Waals surface area (Å²) >= 11 is 0. The van der Waals surface area contributed by atoms with Gasteiger partial charge in [-0.2, -0.15) is 5.26 Å². The summed E-state index contributed by atoms with van der Waals surface area (Å²) in [4.78, 5) is 2.08. The second-order valence-corrected chi connectivity index (χ2v) is 4.58. The molecule has 100 valence electrons. The fourth-order valence-corrected chi connectivity index (χ4v) is 2.34. The molecule has 5 nitrogen and oxygen atoms in total. The zero-order valence-electron chi connectivity index (χ0n) is 11.1. The zero-order valence-corrected chi connectivity index (χ0v) is 11.1. The molecule has 20 heavy (non-hydrogen) atoms. The molecule has 0 amide bonds. The first kappa shape index (κ1) is 12.2. The van der Waals surface area contributed by atoms with Gasteiger partial charge in [-0.1, -0.05) is 0 Å². The lowest BCUT2D eigenvalue weighted by molar-refractivity contribution is 0.415. The van der Waals surface area contributed by atoms with Crippen molar-refractivity contribution >= 4 is 5.69 Å². The number of dihydropyridines is 1. The molecule has 0 spiro atoms. The van der Waals surface area contributed by atoms with Crippen LogP contribution in [0.1, 0.15) is 0 Å². The Morgan fingerprint density at radius 1 is 1.35 bits per heavy atom. The molecule has 0 saturated carbocycles. The number of nitrogens with two attached hydrogens (primary N) is 1. The van der Waals surface area contributed by atoms with Crippen LogP contribution in [-0.2, 0) is 0 Å². The van der Waals surface area contributed by atoms with Crippen LogP contribution in [0.4, 0.5) is 5.69 Å². The van der Waals surface area contributed by atoms with Crippen LogP contribution in [-0.4, -0.2) is 13.7 Å². The predicted molar refractivity (Wildman–Crippen MR) is 76.5 cm³/mol. The van der Waals surface area contributed by atoms with Crippen LogP contribution in [0.15, 0.2) is 59.2 Å².